The van der Waals surface area contributed by atoms with Crippen LogP contribution in [0, 0.1) is 0 Å². The average Bonchev–Trinajstić information content (AvgIpc) is 2.60. The van der Waals surface area contributed by atoms with Gasteiger partial charge in [-0.25, -0.2) is 5.43 Å². The summed E-state index contributed by atoms with van der Waals surface area (Å²) in [5.74, 6) is 0.269. The smallest absolute Gasteiger partial charge is 0.267 e. The molecule has 2 rings (SSSR count). The van der Waals surface area contributed by atoms with Crippen molar-refractivity contribution in [1.82, 2.24) is 5.43 Å². The normalized spacial score (nSPS) is 11.6. The van der Waals surface area contributed by atoms with Gasteiger partial charge in [-0.1, -0.05) is 63.6 Å². The Morgan fingerprint density at radius 3 is 2.12 bits per heavy atom. The molecule has 2 aromatic rings. The lowest BCUT2D eigenvalue weighted by Gasteiger charge is -2.07. The van der Waals surface area contributed by atoms with Crippen molar-refractivity contribution < 1.29 is 4.79 Å². The van der Waals surface area contributed by atoms with Crippen molar-refractivity contribution in [3.63, 3.8) is 0 Å². The Hall–Kier alpha value is -2.42. The molecule has 0 aliphatic rings. The van der Waals surface area contributed by atoms with Gasteiger partial charge in [0, 0.05) is 5.56 Å². The lowest BCUT2D eigenvalue weighted by molar-refractivity contribution is 0.0955. The van der Waals surface area contributed by atoms with Crippen molar-refractivity contribution in [1.29, 1.82) is 0 Å². The molecular formula is C21H26N2O. The van der Waals surface area contributed by atoms with Crippen LogP contribution in [0.2, 0.25) is 0 Å². The molecule has 0 heterocycles. The van der Waals surface area contributed by atoms with Gasteiger partial charge in [0.1, 0.15) is 0 Å². The molecule has 0 saturated carbocycles. The van der Waals surface area contributed by atoms with Crippen LogP contribution in [-0.4, -0.2) is 11.6 Å². The highest BCUT2D eigenvalue weighted by Gasteiger charge is 2.06. The van der Waals surface area contributed by atoms with Crippen LogP contribution in [0.5, 0.6) is 0 Å². The number of carbonyl (C=O) groups excluding carboxylic acids is 1. The maximum atomic E-state index is 12.2. The highest BCUT2D eigenvalue weighted by atomic mass is 16.2. The van der Waals surface area contributed by atoms with E-state index in [-0.39, 0.29) is 5.91 Å². The fraction of sp³-hybridized carbons (Fsp3) is 0.333. The summed E-state index contributed by atoms with van der Waals surface area (Å²) in [6.45, 7) is 8.34. The highest BCUT2D eigenvalue weighted by Crippen LogP contribution is 2.14. The van der Waals surface area contributed by atoms with Crippen molar-refractivity contribution >= 4 is 11.6 Å². The third-order valence-corrected chi connectivity index (χ3v) is 4.08. The third-order valence-electron chi connectivity index (χ3n) is 4.08. The molecule has 0 unspecified atom stereocenters. The second-order valence-electron chi connectivity index (χ2n) is 6.36. The average molecular weight is 322 g/mol. The molecule has 0 atom stereocenters. The number of amides is 1. The van der Waals surface area contributed by atoms with E-state index >= 15 is 0 Å². The Balaban J connectivity index is 2.01. The molecule has 2 aromatic carbocycles. The molecule has 1 N–H and O–H groups in total. The zero-order chi connectivity index (χ0) is 17.5. The van der Waals surface area contributed by atoms with Gasteiger partial charge < -0.3 is 0 Å². The van der Waals surface area contributed by atoms with E-state index in [0.29, 0.717) is 11.5 Å². The van der Waals surface area contributed by atoms with Gasteiger partial charge >= 0.3 is 0 Å². The molecule has 0 aromatic heterocycles. The van der Waals surface area contributed by atoms with Crippen molar-refractivity contribution in [2.45, 2.75) is 46.5 Å². The monoisotopic (exact) mass is 322 g/mol. The van der Waals surface area contributed by atoms with Crippen molar-refractivity contribution in [2.24, 2.45) is 5.10 Å². The van der Waals surface area contributed by atoms with Gasteiger partial charge in [0.15, 0.2) is 0 Å². The van der Waals surface area contributed by atoms with E-state index in [2.05, 4.69) is 43.4 Å². The van der Waals surface area contributed by atoms with Crippen LogP contribution in [0.4, 0.5) is 0 Å². The molecule has 126 valence electrons. The number of benzene rings is 2. The Morgan fingerprint density at radius 1 is 1.00 bits per heavy atom. The van der Waals surface area contributed by atoms with Crippen LogP contribution in [0.3, 0.4) is 0 Å². The second-order valence-corrected chi connectivity index (χ2v) is 6.36. The number of nitrogens with one attached hydrogen (secondary N) is 1. The SMILES string of the molecule is CCCc1ccc(C(C)=NNC(=O)c2ccc(C(C)C)cc2)cc1. The summed E-state index contributed by atoms with van der Waals surface area (Å²) in [4.78, 5) is 12.2. The van der Waals surface area contributed by atoms with Gasteiger partial charge in [0.2, 0.25) is 0 Å². The zero-order valence-electron chi connectivity index (χ0n) is 15.0. The number of nitrogens with zero attached hydrogens (tertiary/aromatic N) is 1. The Bertz CT molecular complexity index is 698. The Kier molecular flexibility index (Phi) is 6.30. The minimum absolute atomic E-state index is 0.188. The van der Waals surface area contributed by atoms with E-state index in [9.17, 15) is 4.79 Å². The van der Waals surface area contributed by atoms with Gasteiger partial charge in [-0.2, -0.15) is 5.10 Å². The number of aryl methyl sites for hydroxylation is 1. The number of hydrogen-bond acceptors (Lipinski definition) is 2. The van der Waals surface area contributed by atoms with Crippen LogP contribution in [0.25, 0.3) is 0 Å². The van der Waals surface area contributed by atoms with E-state index < -0.39 is 0 Å². The van der Waals surface area contributed by atoms with Crippen molar-refractivity contribution in [3.8, 4) is 0 Å². The Labute approximate surface area is 144 Å². The first kappa shape index (κ1) is 17.9. The maximum absolute atomic E-state index is 12.2. The first-order valence-electron chi connectivity index (χ1n) is 8.55. The molecule has 1 amide bonds. The summed E-state index contributed by atoms with van der Waals surface area (Å²) in [6, 6.07) is 16.0. The predicted octanol–water partition coefficient (Wildman–Crippen LogP) is 4.92. The molecule has 3 heteroatoms. The predicted molar refractivity (Wildman–Crippen MR) is 101 cm³/mol. The van der Waals surface area contributed by atoms with E-state index in [4.69, 9.17) is 0 Å². The van der Waals surface area contributed by atoms with Crippen LogP contribution >= 0.6 is 0 Å². The van der Waals surface area contributed by atoms with Gasteiger partial charge in [0.25, 0.3) is 5.91 Å². The van der Waals surface area contributed by atoms with Crippen molar-refractivity contribution in [2.75, 3.05) is 0 Å². The fourth-order valence-corrected chi connectivity index (χ4v) is 2.48. The van der Waals surface area contributed by atoms with Crippen LogP contribution in [0.15, 0.2) is 53.6 Å². The summed E-state index contributed by atoms with van der Waals surface area (Å²) in [5, 5.41) is 4.22. The summed E-state index contributed by atoms with van der Waals surface area (Å²) >= 11 is 0. The molecule has 0 radical (unpaired) electrons. The summed E-state index contributed by atoms with van der Waals surface area (Å²) in [5.41, 5.74) is 7.61. The maximum Gasteiger partial charge on any atom is 0.271 e. The molecule has 0 bridgehead atoms. The second kappa shape index (κ2) is 8.44. The van der Waals surface area contributed by atoms with Crippen LogP contribution < -0.4 is 5.43 Å². The minimum Gasteiger partial charge on any atom is -0.267 e. The zero-order valence-corrected chi connectivity index (χ0v) is 15.0. The van der Waals surface area contributed by atoms with Gasteiger partial charge in [-0.3, -0.25) is 4.79 Å². The first-order chi connectivity index (χ1) is 11.5. The van der Waals surface area contributed by atoms with Gasteiger partial charge in [0.05, 0.1) is 5.71 Å². The topological polar surface area (TPSA) is 41.5 Å². The third kappa shape index (κ3) is 4.79. The molecule has 0 saturated heterocycles. The minimum atomic E-state index is -0.188. The molecule has 0 aliphatic carbocycles. The lowest BCUT2D eigenvalue weighted by atomic mass is 10.0. The molecular weight excluding hydrogens is 296 g/mol. The quantitative estimate of drug-likeness (QED) is 0.595. The summed E-state index contributed by atoms with van der Waals surface area (Å²) in [6.07, 6.45) is 2.22. The van der Waals surface area contributed by atoms with E-state index in [1.807, 2.05) is 43.3 Å². The standard InChI is InChI=1S/C21H26N2O/c1-5-6-17-7-9-19(10-8-17)16(4)22-23-21(24)20-13-11-18(12-14-20)15(2)3/h7-15H,5-6H2,1-4H3,(H,23,24). The fourth-order valence-electron chi connectivity index (χ4n) is 2.48. The molecule has 24 heavy (non-hydrogen) atoms. The summed E-state index contributed by atoms with van der Waals surface area (Å²) in [7, 11) is 0. The number of rotatable bonds is 6. The molecule has 3 nitrogen and oxygen atoms in total. The largest absolute Gasteiger partial charge is 0.271 e. The van der Waals surface area contributed by atoms with Crippen LogP contribution in [0.1, 0.15) is 67.1 Å². The molecule has 0 aliphatic heterocycles. The number of hydrazone groups is 1. The number of hydrogen-bond donors (Lipinski definition) is 1. The summed E-state index contributed by atoms with van der Waals surface area (Å²) < 4.78 is 0. The van der Waals surface area contributed by atoms with Crippen LogP contribution in [-0.2, 0) is 6.42 Å². The molecule has 0 spiro atoms. The lowest BCUT2D eigenvalue weighted by Crippen LogP contribution is -2.19. The van der Waals surface area contributed by atoms with Gasteiger partial charge in [-0.05, 0) is 48.1 Å². The van der Waals surface area contributed by atoms with E-state index in [1.165, 1.54) is 11.1 Å². The number of carbonyl (C=O) groups is 1. The van der Waals surface area contributed by atoms with E-state index in [0.717, 1.165) is 24.1 Å². The first-order valence-corrected chi connectivity index (χ1v) is 8.55. The highest BCUT2D eigenvalue weighted by molar-refractivity contribution is 6.00. The molecule has 0 fully saturated rings. The van der Waals surface area contributed by atoms with Crippen molar-refractivity contribution in [3.05, 3.63) is 70.8 Å². The Morgan fingerprint density at radius 2 is 1.58 bits per heavy atom. The van der Waals surface area contributed by atoms with Gasteiger partial charge in [-0.15, -0.1) is 0 Å². The van der Waals surface area contributed by atoms with E-state index in [1.54, 1.807) is 0 Å².